The van der Waals surface area contributed by atoms with Crippen molar-refractivity contribution in [2.45, 2.75) is 70.0 Å². The van der Waals surface area contributed by atoms with Crippen molar-refractivity contribution in [3.05, 3.63) is 346 Å². The molecule has 2 aliphatic carbocycles. The predicted molar refractivity (Wildman–Crippen MR) is 365 cm³/mol. The van der Waals surface area contributed by atoms with Crippen molar-refractivity contribution in [2.24, 2.45) is 5.92 Å². The smallest absolute Gasteiger partial charge is 0.133 e. The third-order valence-electron chi connectivity index (χ3n) is 18.9. The molecule has 442 valence electrons. The normalized spacial score (nSPS) is 13.7. The first-order chi connectivity index (χ1) is 44.3. The van der Waals surface area contributed by atoms with Crippen LogP contribution in [0.4, 0.5) is 0 Å². The summed E-state index contributed by atoms with van der Waals surface area (Å²) in [5, 5.41) is 12.1. The number of aryl methyl sites for hydroxylation is 1. The van der Waals surface area contributed by atoms with Crippen LogP contribution in [0.5, 0.6) is 34.5 Å². The van der Waals surface area contributed by atoms with E-state index in [2.05, 4.69) is 288 Å². The quantitative estimate of drug-likeness (QED) is 0.0824. The fourth-order valence-electron chi connectivity index (χ4n) is 14.3. The minimum atomic E-state index is -0.665. The summed E-state index contributed by atoms with van der Waals surface area (Å²) in [5.74, 6) is 4.67. The largest absolute Gasteiger partial charge is 0.497 e. The van der Waals surface area contributed by atoms with Crippen molar-refractivity contribution >= 4 is 0 Å². The van der Waals surface area contributed by atoms with Crippen LogP contribution in [0.3, 0.4) is 0 Å². The lowest BCUT2D eigenvalue weighted by Crippen LogP contribution is -2.28. The molecular weight excluding hydrogens is 1100 g/mol. The summed E-state index contributed by atoms with van der Waals surface area (Å²) < 4.78 is 25.4. The Labute approximate surface area is 529 Å². The summed E-state index contributed by atoms with van der Waals surface area (Å²) in [6.07, 6.45) is 3.33. The number of unbranched alkanes of at least 4 members (excludes halogenated alkanes) is 1. The third-order valence-corrected chi connectivity index (χ3v) is 18.9. The molecule has 0 fully saturated rings. The highest BCUT2D eigenvalue weighted by atomic mass is 16.5. The molecule has 5 nitrogen and oxygen atoms in total. The van der Waals surface area contributed by atoms with Gasteiger partial charge in [-0.1, -0.05) is 251 Å². The van der Waals surface area contributed by atoms with E-state index in [1.165, 1.54) is 61.2 Å². The molecule has 1 N–H and O–H groups in total. The predicted octanol–water partition coefficient (Wildman–Crippen LogP) is 21.5. The molecular formula is C85H72O5. The first-order valence-corrected chi connectivity index (χ1v) is 31.7. The Morgan fingerprint density at radius 3 is 1.21 bits per heavy atom. The van der Waals surface area contributed by atoms with Crippen LogP contribution in [0.25, 0.3) is 44.5 Å². The number of benzene rings is 12. The number of ether oxygens (including phenoxy) is 4. The topological polar surface area (TPSA) is 57.2 Å². The lowest BCUT2D eigenvalue weighted by molar-refractivity contribution is 0.0968. The highest BCUT2D eigenvalue weighted by Gasteiger charge is 2.47. The maximum absolute atomic E-state index is 12.1. The Morgan fingerprint density at radius 1 is 0.389 bits per heavy atom. The molecule has 2 aliphatic rings. The van der Waals surface area contributed by atoms with E-state index in [0.29, 0.717) is 18.1 Å². The van der Waals surface area contributed by atoms with Crippen LogP contribution in [0, 0.1) is 12.8 Å². The van der Waals surface area contributed by atoms with Crippen molar-refractivity contribution < 1.29 is 24.1 Å². The summed E-state index contributed by atoms with van der Waals surface area (Å²) in [6, 6.07) is 101. The maximum atomic E-state index is 12.1. The molecule has 0 radical (unpaired) electrons. The van der Waals surface area contributed by atoms with Gasteiger partial charge < -0.3 is 24.1 Å². The molecule has 0 heterocycles. The molecule has 0 aliphatic heterocycles. The minimum Gasteiger partial charge on any atom is -0.497 e. The van der Waals surface area contributed by atoms with Gasteiger partial charge >= 0.3 is 0 Å². The summed E-state index contributed by atoms with van der Waals surface area (Å²) >= 11 is 0. The number of rotatable bonds is 20. The van der Waals surface area contributed by atoms with E-state index in [1.54, 1.807) is 7.11 Å². The zero-order valence-corrected chi connectivity index (χ0v) is 51.4. The second-order valence-electron chi connectivity index (χ2n) is 24.1. The van der Waals surface area contributed by atoms with Crippen molar-refractivity contribution in [2.75, 3.05) is 7.11 Å². The average Bonchev–Trinajstić information content (AvgIpc) is 1.54. The van der Waals surface area contributed by atoms with Crippen LogP contribution in [-0.4, -0.2) is 12.2 Å². The summed E-state index contributed by atoms with van der Waals surface area (Å²) in [6.45, 7) is 6.91. The molecule has 14 rings (SSSR count). The zero-order chi connectivity index (χ0) is 61.2. The second-order valence-corrected chi connectivity index (χ2v) is 24.1. The molecule has 0 spiro atoms. The van der Waals surface area contributed by atoms with Crippen molar-refractivity contribution in [3.8, 4) is 79.0 Å². The Balaban J connectivity index is 0.675. The van der Waals surface area contributed by atoms with Gasteiger partial charge in [-0.05, 0) is 187 Å². The van der Waals surface area contributed by atoms with Gasteiger partial charge in [0.2, 0.25) is 0 Å². The van der Waals surface area contributed by atoms with Crippen LogP contribution >= 0.6 is 0 Å². The van der Waals surface area contributed by atoms with E-state index in [1.807, 2.05) is 18.2 Å². The number of hydrogen-bond acceptors (Lipinski definition) is 5. The summed E-state index contributed by atoms with van der Waals surface area (Å²) in [4.78, 5) is 0. The monoisotopic (exact) mass is 1170 g/mol. The van der Waals surface area contributed by atoms with E-state index in [4.69, 9.17) is 18.9 Å². The van der Waals surface area contributed by atoms with Gasteiger partial charge in [0.15, 0.2) is 0 Å². The SMILES string of the molecule is CCCCC(CC)C(O)c1cc(-c2ccc(C)cc2)ccc1Oc1ccc(C2(c3ccc(OCc4ccc(-c5ccc(Oc6ccc(C7(c8ccc(OC)cc8)c8ccccc8-c8ccccc87)cc6)cc5)cc4)cc3)c3ccccc3-c3ccccc32)cc1. The number of hydrogen-bond donors (Lipinski definition) is 1. The Morgan fingerprint density at radius 2 is 0.767 bits per heavy atom. The molecule has 12 aromatic rings. The van der Waals surface area contributed by atoms with Crippen LogP contribution in [0.2, 0.25) is 0 Å². The standard InChI is InChI=1S/C85H72O5/c1-5-7-16-59(6-2)83(86)77-55-63(62-29-25-57(3)26-30-62)35-54-82(77)90-72-52-42-67(43-53-72)85(80-23-14-10-19-75(80)76-20-11-15-24-81(76)85)65-38-48-69(49-39-65)88-56-58-27-31-60(32-28-58)61-33-44-70(45-34-61)89-71-50-40-66(41-51-71)84(64-36-46-68(87-4)47-37-64)78-21-12-8-17-73(78)74-18-9-13-22-79(74)84/h8-15,17-55,59,83,86H,5-7,16,56H2,1-4H3. The number of aliphatic hydroxyl groups is 1. The molecule has 0 aromatic heterocycles. The van der Waals surface area contributed by atoms with Gasteiger partial charge in [-0.3, -0.25) is 0 Å². The van der Waals surface area contributed by atoms with E-state index < -0.39 is 16.9 Å². The first-order valence-electron chi connectivity index (χ1n) is 31.7. The van der Waals surface area contributed by atoms with E-state index in [-0.39, 0.29) is 5.92 Å². The highest BCUT2D eigenvalue weighted by Crippen LogP contribution is 2.58. The molecule has 0 amide bonds. The lowest BCUT2D eigenvalue weighted by atomic mass is 9.68. The van der Waals surface area contributed by atoms with Gasteiger partial charge in [0.05, 0.1) is 24.0 Å². The van der Waals surface area contributed by atoms with Crippen molar-refractivity contribution in [1.29, 1.82) is 0 Å². The van der Waals surface area contributed by atoms with Crippen LogP contribution in [0.15, 0.2) is 285 Å². The summed E-state index contributed by atoms with van der Waals surface area (Å²) in [7, 11) is 1.71. The highest BCUT2D eigenvalue weighted by molar-refractivity contribution is 5.88. The molecule has 5 heteroatoms. The van der Waals surface area contributed by atoms with Crippen molar-refractivity contribution in [3.63, 3.8) is 0 Å². The Bertz CT molecular complexity index is 4380. The fraction of sp³-hybridized carbons (Fsp3) is 0.153. The maximum Gasteiger partial charge on any atom is 0.133 e. The number of methoxy groups -OCH3 is 1. The third kappa shape index (κ3) is 10.4. The van der Waals surface area contributed by atoms with Gasteiger partial charge in [0.1, 0.15) is 41.1 Å². The van der Waals surface area contributed by atoms with Crippen molar-refractivity contribution in [1.82, 2.24) is 0 Å². The van der Waals surface area contributed by atoms with Gasteiger partial charge in [-0.2, -0.15) is 0 Å². The molecule has 2 unspecified atom stereocenters. The number of aliphatic hydroxyl groups excluding tert-OH is 1. The van der Waals surface area contributed by atoms with Gasteiger partial charge in [-0.25, -0.2) is 0 Å². The Hall–Kier alpha value is -10.2. The van der Waals surface area contributed by atoms with Crippen LogP contribution in [0.1, 0.15) is 107 Å². The summed E-state index contributed by atoms with van der Waals surface area (Å²) in [5.41, 5.74) is 20.9. The van der Waals surface area contributed by atoms with Crippen LogP contribution < -0.4 is 18.9 Å². The molecule has 90 heavy (non-hydrogen) atoms. The molecule has 0 bridgehead atoms. The second kappa shape index (κ2) is 24.8. The van der Waals surface area contributed by atoms with E-state index in [9.17, 15) is 5.11 Å². The van der Waals surface area contributed by atoms with Gasteiger partial charge in [0, 0.05) is 5.56 Å². The lowest BCUT2D eigenvalue weighted by Gasteiger charge is -2.34. The molecule has 12 aromatic carbocycles. The van der Waals surface area contributed by atoms with Gasteiger partial charge in [0.25, 0.3) is 0 Å². The fourth-order valence-corrected chi connectivity index (χ4v) is 14.3. The minimum absolute atomic E-state index is 0.119. The van der Waals surface area contributed by atoms with Crippen LogP contribution in [-0.2, 0) is 17.4 Å². The zero-order valence-electron chi connectivity index (χ0n) is 51.4. The molecule has 2 atom stereocenters. The first kappa shape index (κ1) is 57.5. The Kier molecular flexibility index (Phi) is 15.8. The molecule has 0 saturated heterocycles. The van der Waals surface area contributed by atoms with E-state index >= 15 is 0 Å². The average molecular weight is 1170 g/mol. The van der Waals surface area contributed by atoms with Gasteiger partial charge in [-0.15, -0.1) is 0 Å². The molecule has 0 saturated carbocycles. The number of fused-ring (bicyclic) bond motifs is 6. The van der Waals surface area contributed by atoms with E-state index in [0.717, 1.165) is 93.2 Å².